The van der Waals surface area contributed by atoms with Crippen LogP contribution in [0.5, 0.6) is 0 Å². The fourth-order valence-corrected chi connectivity index (χ4v) is 2.72. The Kier molecular flexibility index (Phi) is 4.46. The van der Waals surface area contributed by atoms with Crippen LogP contribution in [0.1, 0.15) is 18.2 Å². The number of anilines is 1. The zero-order valence-corrected chi connectivity index (χ0v) is 12.2. The minimum absolute atomic E-state index is 0.133. The third kappa shape index (κ3) is 4.11. The van der Waals surface area contributed by atoms with Gasteiger partial charge in [-0.1, -0.05) is 12.1 Å². The van der Waals surface area contributed by atoms with Gasteiger partial charge < -0.3 is 9.88 Å². The van der Waals surface area contributed by atoms with Gasteiger partial charge in [0.25, 0.3) is 0 Å². The number of aryl methyl sites for hydroxylation is 1. The molecule has 5 nitrogen and oxygen atoms in total. The number of sulfonamides is 1. The molecule has 2 aromatic rings. The lowest BCUT2D eigenvalue weighted by atomic mass is 10.2. The van der Waals surface area contributed by atoms with Crippen molar-refractivity contribution in [2.24, 2.45) is 5.14 Å². The van der Waals surface area contributed by atoms with Crippen LogP contribution in [0.25, 0.3) is 0 Å². The predicted molar refractivity (Wildman–Crippen MR) is 80.7 cm³/mol. The smallest absolute Gasteiger partial charge is 0.213 e. The van der Waals surface area contributed by atoms with Crippen molar-refractivity contribution in [3.8, 4) is 0 Å². The van der Waals surface area contributed by atoms with E-state index in [-0.39, 0.29) is 5.75 Å². The molecule has 0 bridgehead atoms. The van der Waals surface area contributed by atoms with Gasteiger partial charge in [-0.05, 0) is 36.8 Å². The molecule has 0 saturated heterocycles. The van der Waals surface area contributed by atoms with E-state index in [1.807, 2.05) is 24.4 Å². The van der Waals surface area contributed by atoms with E-state index in [1.54, 1.807) is 12.1 Å². The summed E-state index contributed by atoms with van der Waals surface area (Å²) < 4.78 is 24.2. The second-order valence-corrected chi connectivity index (χ2v) is 6.26. The molecule has 3 N–H and O–H groups in total. The Labute approximate surface area is 119 Å². The number of rotatable bonds is 6. The Morgan fingerprint density at radius 3 is 2.50 bits per heavy atom. The van der Waals surface area contributed by atoms with E-state index in [1.165, 1.54) is 5.69 Å². The van der Waals surface area contributed by atoms with Crippen molar-refractivity contribution in [1.29, 1.82) is 0 Å². The van der Waals surface area contributed by atoms with Gasteiger partial charge in [-0.3, -0.25) is 0 Å². The summed E-state index contributed by atoms with van der Waals surface area (Å²) in [6.07, 6.45) is 2.05. The van der Waals surface area contributed by atoms with Gasteiger partial charge in [0.1, 0.15) is 0 Å². The van der Waals surface area contributed by atoms with Gasteiger partial charge in [0, 0.05) is 24.1 Å². The largest absolute Gasteiger partial charge is 0.379 e. The third-order valence-corrected chi connectivity index (χ3v) is 3.80. The van der Waals surface area contributed by atoms with Crippen LogP contribution < -0.4 is 10.5 Å². The highest BCUT2D eigenvalue weighted by Gasteiger charge is 2.05. The SMILES string of the molecule is CCn1cccc1CNc1ccc(CS(N)(=O)=O)cc1. The van der Waals surface area contributed by atoms with Gasteiger partial charge in [0.05, 0.1) is 12.3 Å². The standard InChI is InChI=1S/C14H19N3O2S/c1-2-17-9-3-4-14(17)10-16-13-7-5-12(6-8-13)11-20(15,18)19/h3-9,16H,2,10-11H2,1H3,(H2,15,18,19). The van der Waals surface area contributed by atoms with E-state index in [0.29, 0.717) is 5.56 Å². The first-order chi connectivity index (χ1) is 9.48. The van der Waals surface area contributed by atoms with Crippen LogP contribution in [0.2, 0.25) is 0 Å². The lowest BCUT2D eigenvalue weighted by Gasteiger charge is -2.09. The van der Waals surface area contributed by atoms with Gasteiger partial charge in [0.15, 0.2) is 0 Å². The van der Waals surface area contributed by atoms with Crippen molar-refractivity contribution in [3.63, 3.8) is 0 Å². The molecule has 1 aromatic heterocycles. The van der Waals surface area contributed by atoms with Crippen LogP contribution in [0, 0.1) is 0 Å². The number of hydrogen-bond donors (Lipinski definition) is 2. The summed E-state index contributed by atoms with van der Waals surface area (Å²) in [4.78, 5) is 0. The molecule has 0 atom stereocenters. The van der Waals surface area contributed by atoms with Crippen LogP contribution in [0.3, 0.4) is 0 Å². The van der Waals surface area contributed by atoms with E-state index >= 15 is 0 Å². The van der Waals surface area contributed by atoms with Crippen molar-refractivity contribution < 1.29 is 8.42 Å². The van der Waals surface area contributed by atoms with Crippen molar-refractivity contribution in [3.05, 3.63) is 53.9 Å². The van der Waals surface area contributed by atoms with Gasteiger partial charge in [-0.15, -0.1) is 0 Å². The summed E-state index contributed by atoms with van der Waals surface area (Å²) in [5.41, 5.74) is 2.85. The quantitative estimate of drug-likeness (QED) is 0.854. The molecule has 0 saturated carbocycles. The molecule has 2 rings (SSSR count). The lowest BCUT2D eigenvalue weighted by molar-refractivity contribution is 0.597. The van der Waals surface area contributed by atoms with Crippen molar-refractivity contribution >= 4 is 15.7 Å². The molecule has 0 spiro atoms. The van der Waals surface area contributed by atoms with Crippen LogP contribution in [-0.2, 0) is 28.9 Å². The topological polar surface area (TPSA) is 77.1 Å². The zero-order valence-electron chi connectivity index (χ0n) is 11.4. The minimum atomic E-state index is -3.47. The number of benzene rings is 1. The molecule has 20 heavy (non-hydrogen) atoms. The molecular weight excluding hydrogens is 274 g/mol. The molecule has 0 aliphatic heterocycles. The van der Waals surface area contributed by atoms with Crippen molar-refractivity contribution in [2.75, 3.05) is 5.32 Å². The van der Waals surface area contributed by atoms with Crippen LogP contribution in [0.4, 0.5) is 5.69 Å². The number of nitrogens with one attached hydrogen (secondary N) is 1. The summed E-state index contributed by atoms with van der Waals surface area (Å²) in [5, 5.41) is 8.32. The predicted octanol–water partition coefficient (Wildman–Crippen LogP) is 1.91. The monoisotopic (exact) mass is 293 g/mol. The zero-order chi connectivity index (χ0) is 14.6. The van der Waals surface area contributed by atoms with Crippen LogP contribution in [-0.4, -0.2) is 13.0 Å². The Morgan fingerprint density at radius 2 is 1.90 bits per heavy atom. The normalized spacial score (nSPS) is 11.5. The lowest BCUT2D eigenvalue weighted by Crippen LogP contribution is -2.14. The van der Waals surface area contributed by atoms with E-state index in [0.717, 1.165) is 18.8 Å². The molecular formula is C14H19N3O2S. The molecule has 6 heteroatoms. The van der Waals surface area contributed by atoms with Gasteiger partial charge >= 0.3 is 0 Å². The maximum Gasteiger partial charge on any atom is 0.213 e. The summed E-state index contributed by atoms with van der Waals surface area (Å²) in [5.74, 6) is -0.133. The molecule has 0 radical (unpaired) electrons. The highest BCUT2D eigenvalue weighted by molar-refractivity contribution is 7.88. The molecule has 0 fully saturated rings. The highest BCUT2D eigenvalue weighted by atomic mass is 32.2. The summed E-state index contributed by atoms with van der Waals surface area (Å²) >= 11 is 0. The Balaban J connectivity index is 1.97. The molecule has 1 heterocycles. The first-order valence-electron chi connectivity index (χ1n) is 6.45. The average Bonchev–Trinajstić information content (AvgIpc) is 2.83. The average molecular weight is 293 g/mol. The number of hydrogen-bond acceptors (Lipinski definition) is 3. The summed E-state index contributed by atoms with van der Waals surface area (Å²) in [6.45, 7) is 3.78. The van der Waals surface area contributed by atoms with Crippen LogP contribution >= 0.6 is 0 Å². The van der Waals surface area contributed by atoms with Crippen molar-refractivity contribution in [1.82, 2.24) is 4.57 Å². The Bertz CT molecular complexity index is 660. The second-order valence-electron chi connectivity index (χ2n) is 4.64. The van der Waals surface area contributed by atoms with E-state index in [4.69, 9.17) is 5.14 Å². The molecule has 0 unspecified atom stereocenters. The molecule has 1 aromatic carbocycles. The van der Waals surface area contributed by atoms with Gasteiger partial charge in [0.2, 0.25) is 10.0 Å². The number of nitrogens with zero attached hydrogens (tertiary/aromatic N) is 1. The van der Waals surface area contributed by atoms with Crippen LogP contribution in [0.15, 0.2) is 42.6 Å². The third-order valence-electron chi connectivity index (χ3n) is 3.06. The maximum absolute atomic E-state index is 11.0. The summed E-state index contributed by atoms with van der Waals surface area (Å²) in [6, 6.07) is 11.4. The minimum Gasteiger partial charge on any atom is -0.379 e. The van der Waals surface area contributed by atoms with Gasteiger partial charge in [-0.2, -0.15) is 0 Å². The van der Waals surface area contributed by atoms with E-state index in [9.17, 15) is 8.42 Å². The van der Waals surface area contributed by atoms with E-state index < -0.39 is 10.0 Å². The molecule has 0 aliphatic carbocycles. The molecule has 108 valence electrons. The Hall–Kier alpha value is -1.79. The van der Waals surface area contributed by atoms with E-state index in [2.05, 4.69) is 22.9 Å². The first kappa shape index (κ1) is 14.6. The highest BCUT2D eigenvalue weighted by Crippen LogP contribution is 2.13. The summed E-state index contributed by atoms with van der Waals surface area (Å²) in [7, 11) is -3.47. The first-order valence-corrected chi connectivity index (χ1v) is 8.17. The number of aromatic nitrogens is 1. The second kappa shape index (κ2) is 6.11. The number of primary sulfonamides is 1. The fourth-order valence-electron chi connectivity index (χ4n) is 2.06. The Morgan fingerprint density at radius 1 is 1.20 bits per heavy atom. The number of nitrogens with two attached hydrogens (primary N) is 1. The maximum atomic E-state index is 11.0. The molecule has 0 amide bonds. The fraction of sp³-hybridized carbons (Fsp3) is 0.286. The van der Waals surface area contributed by atoms with Crippen molar-refractivity contribution in [2.45, 2.75) is 25.8 Å². The molecule has 0 aliphatic rings. The van der Waals surface area contributed by atoms with Gasteiger partial charge in [-0.25, -0.2) is 13.6 Å².